The third-order valence-corrected chi connectivity index (χ3v) is 5.49. The van der Waals surface area contributed by atoms with E-state index in [0.717, 1.165) is 29.5 Å². The zero-order valence-corrected chi connectivity index (χ0v) is 12.2. The summed E-state index contributed by atoms with van der Waals surface area (Å²) in [6.45, 7) is 2.01. The molecule has 2 heteroatoms. The molecule has 4 aliphatic carbocycles. The summed E-state index contributed by atoms with van der Waals surface area (Å²) in [5, 5.41) is 0. The molecule has 104 valence electrons. The molecule has 2 unspecified atom stereocenters. The summed E-state index contributed by atoms with van der Waals surface area (Å²) in [4.78, 5) is 4.33. The van der Waals surface area contributed by atoms with E-state index in [1.807, 2.05) is 19.2 Å². The van der Waals surface area contributed by atoms with E-state index in [2.05, 4.69) is 22.9 Å². The van der Waals surface area contributed by atoms with Gasteiger partial charge in [0.25, 0.3) is 0 Å². The first-order valence-electron chi connectivity index (χ1n) is 7.79. The van der Waals surface area contributed by atoms with Crippen LogP contribution in [0.15, 0.2) is 18.3 Å². The number of nitrogens with two attached hydrogens (primary N) is 1. The summed E-state index contributed by atoms with van der Waals surface area (Å²) >= 11 is 0. The van der Waals surface area contributed by atoms with E-state index in [9.17, 15) is 0 Å². The topological polar surface area (TPSA) is 38.9 Å². The predicted octanol–water partition coefficient (Wildman–Crippen LogP) is 3.04. The lowest BCUT2D eigenvalue weighted by Gasteiger charge is -2.59. The minimum Gasteiger partial charge on any atom is -0.325 e. The Morgan fingerprint density at radius 3 is 2.55 bits per heavy atom. The Hall–Kier alpha value is -1.33. The molecule has 20 heavy (non-hydrogen) atoms. The van der Waals surface area contributed by atoms with Crippen molar-refractivity contribution >= 4 is 0 Å². The third kappa shape index (κ3) is 2.05. The molecule has 4 fully saturated rings. The fourth-order valence-electron chi connectivity index (χ4n) is 5.23. The molecule has 0 amide bonds. The molecule has 4 saturated carbocycles. The van der Waals surface area contributed by atoms with E-state index in [1.165, 1.54) is 32.1 Å². The molecule has 0 spiro atoms. The van der Waals surface area contributed by atoms with Gasteiger partial charge in [0.05, 0.1) is 0 Å². The summed E-state index contributed by atoms with van der Waals surface area (Å²) < 4.78 is 0. The molecule has 1 heterocycles. The van der Waals surface area contributed by atoms with Crippen LogP contribution in [0.3, 0.4) is 0 Å². The maximum Gasteiger partial charge on any atom is 0.0429 e. The lowest BCUT2D eigenvalue weighted by atomic mass is 9.47. The van der Waals surface area contributed by atoms with Gasteiger partial charge in [-0.05, 0) is 69.4 Å². The van der Waals surface area contributed by atoms with Gasteiger partial charge in [0, 0.05) is 28.4 Å². The highest BCUT2D eigenvalue weighted by atomic mass is 14.8. The first-order chi connectivity index (χ1) is 9.54. The molecular weight excluding hydrogens is 244 g/mol. The van der Waals surface area contributed by atoms with Crippen LogP contribution in [0.1, 0.15) is 49.8 Å². The van der Waals surface area contributed by atoms with Crippen LogP contribution in [-0.2, 0) is 0 Å². The van der Waals surface area contributed by atoms with E-state index in [-0.39, 0.29) is 11.0 Å². The quantitative estimate of drug-likeness (QED) is 0.733. The Morgan fingerprint density at radius 2 is 1.95 bits per heavy atom. The highest BCUT2D eigenvalue weighted by molar-refractivity contribution is 5.35. The maximum absolute atomic E-state index is 6.61. The molecule has 0 aliphatic heterocycles. The molecule has 2 atom stereocenters. The Kier molecular flexibility index (Phi) is 2.54. The molecular formula is C18H22N2. The summed E-state index contributed by atoms with van der Waals surface area (Å²) in [7, 11) is 0. The van der Waals surface area contributed by atoms with Gasteiger partial charge in [0.15, 0.2) is 0 Å². The fraction of sp³-hybridized carbons (Fsp3) is 0.611. The maximum atomic E-state index is 6.61. The summed E-state index contributed by atoms with van der Waals surface area (Å²) in [6, 6.07) is 4.11. The predicted molar refractivity (Wildman–Crippen MR) is 79.9 cm³/mol. The molecule has 0 aromatic carbocycles. The minimum absolute atomic E-state index is 0.0876. The van der Waals surface area contributed by atoms with E-state index in [0.29, 0.717) is 0 Å². The van der Waals surface area contributed by atoms with Crippen LogP contribution in [0, 0.1) is 36.0 Å². The van der Waals surface area contributed by atoms with Gasteiger partial charge >= 0.3 is 0 Å². The van der Waals surface area contributed by atoms with Crippen molar-refractivity contribution in [2.24, 2.45) is 23.0 Å². The standard InChI is InChI=1S/C18H22N2/c1-13-2-3-14(11-20-13)4-5-17-7-15-6-16(8-17)10-18(19,9-15)12-17/h2-3,11,15-16H,6-10,12,19H2,1H3. The Labute approximate surface area is 121 Å². The van der Waals surface area contributed by atoms with Crippen LogP contribution in [0.2, 0.25) is 0 Å². The number of rotatable bonds is 0. The molecule has 2 N–H and O–H groups in total. The average molecular weight is 266 g/mol. The van der Waals surface area contributed by atoms with Crippen LogP contribution in [0.25, 0.3) is 0 Å². The normalized spacial score (nSPS) is 41.3. The molecule has 0 saturated heterocycles. The zero-order chi connectivity index (χ0) is 13.8. The van der Waals surface area contributed by atoms with Crippen LogP contribution >= 0.6 is 0 Å². The molecule has 1 aromatic heterocycles. The minimum atomic E-state index is 0.0876. The highest BCUT2D eigenvalue weighted by Gasteiger charge is 2.55. The Balaban J connectivity index is 1.64. The second kappa shape index (κ2) is 4.09. The summed E-state index contributed by atoms with van der Waals surface area (Å²) in [6.07, 6.45) is 9.41. The van der Waals surface area contributed by atoms with E-state index in [4.69, 9.17) is 5.73 Å². The molecule has 4 bridgehead atoms. The van der Waals surface area contributed by atoms with Crippen LogP contribution < -0.4 is 5.73 Å². The third-order valence-electron chi connectivity index (χ3n) is 5.49. The van der Waals surface area contributed by atoms with Crippen molar-refractivity contribution in [3.8, 4) is 11.8 Å². The lowest BCUT2D eigenvalue weighted by molar-refractivity contribution is -0.0349. The largest absolute Gasteiger partial charge is 0.325 e. The van der Waals surface area contributed by atoms with Crippen LogP contribution in [0.4, 0.5) is 0 Å². The van der Waals surface area contributed by atoms with E-state index < -0.39 is 0 Å². The van der Waals surface area contributed by atoms with Gasteiger partial charge < -0.3 is 5.73 Å². The molecule has 1 aromatic rings. The van der Waals surface area contributed by atoms with Crippen molar-refractivity contribution in [2.45, 2.75) is 51.0 Å². The van der Waals surface area contributed by atoms with Crippen molar-refractivity contribution in [1.82, 2.24) is 4.98 Å². The van der Waals surface area contributed by atoms with Crippen LogP contribution in [0.5, 0.6) is 0 Å². The van der Waals surface area contributed by atoms with Gasteiger partial charge in [-0.2, -0.15) is 0 Å². The van der Waals surface area contributed by atoms with Crippen molar-refractivity contribution in [1.29, 1.82) is 0 Å². The number of aromatic nitrogens is 1. The van der Waals surface area contributed by atoms with E-state index >= 15 is 0 Å². The number of hydrogen-bond donors (Lipinski definition) is 1. The molecule has 4 aliphatic rings. The monoisotopic (exact) mass is 266 g/mol. The first-order valence-corrected chi connectivity index (χ1v) is 7.79. The van der Waals surface area contributed by atoms with Crippen molar-refractivity contribution in [3.63, 3.8) is 0 Å². The van der Waals surface area contributed by atoms with Gasteiger partial charge in [0.2, 0.25) is 0 Å². The van der Waals surface area contributed by atoms with Crippen molar-refractivity contribution in [2.75, 3.05) is 0 Å². The van der Waals surface area contributed by atoms with E-state index in [1.54, 1.807) is 0 Å². The lowest BCUT2D eigenvalue weighted by Crippen LogP contribution is -2.59. The van der Waals surface area contributed by atoms with Crippen LogP contribution in [-0.4, -0.2) is 10.5 Å². The Morgan fingerprint density at radius 1 is 1.20 bits per heavy atom. The van der Waals surface area contributed by atoms with Gasteiger partial charge in [-0.1, -0.05) is 11.8 Å². The SMILES string of the molecule is Cc1ccc(C#CC23CC4CC(CC(N)(C4)C2)C3)cn1. The fourth-order valence-corrected chi connectivity index (χ4v) is 5.23. The van der Waals surface area contributed by atoms with Gasteiger partial charge in [-0.15, -0.1) is 0 Å². The van der Waals surface area contributed by atoms with Gasteiger partial charge in [-0.3, -0.25) is 4.98 Å². The number of pyridine rings is 1. The average Bonchev–Trinajstić information content (AvgIpc) is 2.35. The highest BCUT2D eigenvalue weighted by Crippen LogP contribution is 2.60. The zero-order valence-electron chi connectivity index (χ0n) is 12.2. The van der Waals surface area contributed by atoms with Gasteiger partial charge in [-0.25, -0.2) is 0 Å². The summed E-state index contributed by atoms with van der Waals surface area (Å²) in [5.41, 5.74) is 8.99. The Bertz CT molecular complexity index is 576. The van der Waals surface area contributed by atoms with Crippen molar-refractivity contribution < 1.29 is 0 Å². The van der Waals surface area contributed by atoms with Gasteiger partial charge in [0.1, 0.15) is 0 Å². The number of aryl methyl sites for hydroxylation is 1. The first kappa shape index (κ1) is 12.4. The smallest absolute Gasteiger partial charge is 0.0429 e. The molecule has 5 rings (SSSR count). The van der Waals surface area contributed by atoms with Crippen molar-refractivity contribution in [3.05, 3.63) is 29.6 Å². The molecule has 0 radical (unpaired) electrons. The number of hydrogen-bond acceptors (Lipinski definition) is 2. The number of nitrogens with zero attached hydrogens (tertiary/aromatic N) is 1. The second-order valence-corrected chi connectivity index (χ2v) is 7.54. The second-order valence-electron chi connectivity index (χ2n) is 7.54. The summed E-state index contributed by atoms with van der Waals surface area (Å²) in [5.74, 6) is 8.65. The molecule has 2 nitrogen and oxygen atoms in total.